The predicted octanol–water partition coefficient (Wildman–Crippen LogP) is 3.77. The van der Waals surface area contributed by atoms with Crippen molar-refractivity contribution in [3.05, 3.63) is 72.2 Å². The molecular weight excluding hydrogens is 917 g/mol. The second-order valence-electron chi connectivity index (χ2n) is 19.4. The van der Waals surface area contributed by atoms with Gasteiger partial charge in [0.2, 0.25) is 27.7 Å². The average Bonchev–Trinajstić information content (AvgIpc) is 4.06. The summed E-state index contributed by atoms with van der Waals surface area (Å²) in [5.74, 6) is -3.36. The highest BCUT2D eigenvalue weighted by Crippen LogP contribution is 2.31. The number of hydrogen-bond acceptors (Lipinski definition) is 12. The number of nitrogens with one attached hydrogen (secondary N) is 1. The van der Waals surface area contributed by atoms with Crippen molar-refractivity contribution in [2.45, 2.75) is 123 Å². The standard InChI is InChI=1S/C50H78N10O9S/c1-14-34(4)46(57(11)49(65)45(33(2)3)51-50(55(7)8)56(9)10)42(68-12)30-44(63)59-26-18-22-40(59)47(69-13)36(6)41(61)29-38(28-37-20-16-15-17-21-37)48(64)53-70(66,67)27-19-25-58-31-39(52-54-58)32-60-35(5)23-24-43(60)62/h15-17,20-21,23-24,31,33-34,36,38,40,42,45-47H,5,14,18-19,22,25-30,32H2,1-4,6-13H3,(H,53,64)/t34-,36-,38+,40-,42+,45-,46-,47+/m0/s1. The number of aromatic nitrogens is 3. The van der Waals surface area contributed by atoms with Crippen molar-refractivity contribution in [3.8, 4) is 0 Å². The lowest BCUT2D eigenvalue weighted by atomic mass is 9.85. The molecule has 1 aromatic carbocycles. The second kappa shape index (κ2) is 26.1. The third-order valence-electron chi connectivity index (χ3n) is 13.4. The average molecular weight is 995 g/mol. The molecule has 0 aliphatic carbocycles. The monoisotopic (exact) mass is 995 g/mol. The Bertz CT molecular complexity index is 2250. The molecule has 0 bridgehead atoms. The van der Waals surface area contributed by atoms with Gasteiger partial charge in [0.25, 0.3) is 5.91 Å². The first kappa shape index (κ1) is 57.1. The lowest BCUT2D eigenvalue weighted by Crippen LogP contribution is -2.55. The summed E-state index contributed by atoms with van der Waals surface area (Å²) in [7, 11) is 8.22. The number of benzene rings is 1. The number of Topliss-reactive ketones (excluding diaryl/α,β-unsaturated/α-hetero) is 1. The van der Waals surface area contributed by atoms with Crippen LogP contribution >= 0.6 is 0 Å². The van der Waals surface area contributed by atoms with Crippen molar-refractivity contribution in [1.82, 2.24) is 44.2 Å². The van der Waals surface area contributed by atoms with Crippen LogP contribution in [0.1, 0.15) is 84.4 Å². The number of ketones is 1. The number of methoxy groups -OCH3 is 2. The molecule has 0 unspecified atom stereocenters. The van der Waals surface area contributed by atoms with Gasteiger partial charge in [0.15, 0.2) is 5.96 Å². The van der Waals surface area contributed by atoms with Crippen LogP contribution in [0.5, 0.6) is 0 Å². The second-order valence-corrected chi connectivity index (χ2v) is 21.3. The molecule has 2 aliphatic rings. The van der Waals surface area contributed by atoms with Crippen molar-refractivity contribution >= 4 is 45.4 Å². The van der Waals surface area contributed by atoms with Crippen molar-refractivity contribution < 1.29 is 41.9 Å². The van der Waals surface area contributed by atoms with Gasteiger partial charge in [-0.05, 0) is 49.2 Å². The number of likely N-dealkylation sites (N-methyl/N-ethyl adjacent to an activating group) is 1. The van der Waals surface area contributed by atoms with Gasteiger partial charge in [0, 0.05) is 92.6 Å². The number of hydrogen-bond donors (Lipinski definition) is 1. The summed E-state index contributed by atoms with van der Waals surface area (Å²) in [6.07, 6.45) is 5.18. The van der Waals surface area contributed by atoms with Crippen LogP contribution in [0.15, 0.2) is 65.9 Å². The van der Waals surface area contributed by atoms with Crippen LogP contribution in [0.4, 0.5) is 0 Å². The molecule has 0 radical (unpaired) electrons. The van der Waals surface area contributed by atoms with Crippen LogP contribution in [0.2, 0.25) is 0 Å². The van der Waals surface area contributed by atoms with E-state index in [0.717, 1.165) is 12.0 Å². The van der Waals surface area contributed by atoms with Gasteiger partial charge < -0.3 is 34.0 Å². The summed E-state index contributed by atoms with van der Waals surface area (Å²) in [6.45, 7) is 14.4. The fourth-order valence-corrected chi connectivity index (χ4v) is 10.5. The number of likely N-dealkylation sites (tertiary alicyclic amines) is 1. The molecule has 19 nitrogen and oxygen atoms in total. The van der Waals surface area contributed by atoms with E-state index in [0.29, 0.717) is 36.7 Å². The Hall–Kier alpha value is -5.47. The van der Waals surface area contributed by atoms with Crippen molar-refractivity contribution in [2.75, 3.05) is 61.8 Å². The summed E-state index contributed by atoms with van der Waals surface area (Å²) in [4.78, 5) is 82.6. The molecule has 2 aromatic rings. The van der Waals surface area contributed by atoms with E-state index in [1.807, 2.05) is 96.0 Å². The first-order valence-electron chi connectivity index (χ1n) is 24.3. The minimum absolute atomic E-state index is 0.0162. The van der Waals surface area contributed by atoms with Gasteiger partial charge in [0.1, 0.15) is 17.5 Å². The molecule has 8 atom stereocenters. The van der Waals surface area contributed by atoms with Gasteiger partial charge in [0.05, 0.1) is 49.2 Å². The fraction of sp³-hybridized carbons (Fsp3) is 0.640. The van der Waals surface area contributed by atoms with Crippen LogP contribution in [-0.2, 0) is 63.0 Å². The molecule has 0 spiro atoms. The van der Waals surface area contributed by atoms with Crippen LogP contribution in [0, 0.1) is 23.7 Å². The Morgan fingerprint density at radius 1 is 0.971 bits per heavy atom. The highest BCUT2D eigenvalue weighted by Gasteiger charge is 2.43. The number of nitrogens with zero attached hydrogens (tertiary/aromatic N) is 9. The number of rotatable bonds is 26. The minimum Gasteiger partial charge on any atom is -0.379 e. The van der Waals surface area contributed by atoms with Crippen molar-refractivity contribution in [3.63, 3.8) is 0 Å². The molecule has 70 heavy (non-hydrogen) atoms. The number of ether oxygens (including phenoxy) is 2. The van der Waals surface area contributed by atoms with E-state index in [-0.39, 0.29) is 74.1 Å². The molecule has 0 saturated carbocycles. The van der Waals surface area contributed by atoms with Crippen molar-refractivity contribution in [2.24, 2.45) is 28.7 Å². The van der Waals surface area contributed by atoms with Crippen molar-refractivity contribution in [1.29, 1.82) is 0 Å². The van der Waals surface area contributed by atoms with Gasteiger partial charge in [-0.2, -0.15) is 0 Å². The smallest absolute Gasteiger partial charge is 0.251 e. The molecule has 4 amide bonds. The zero-order valence-corrected chi connectivity index (χ0v) is 44.2. The third kappa shape index (κ3) is 15.3. The largest absolute Gasteiger partial charge is 0.379 e. The topological polar surface area (TPSA) is 209 Å². The summed E-state index contributed by atoms with van der Waals surface area (Å²) in [5, 5.41) is 8.13. The number of amides is 4. The number of carbonyl (C=O) groups is 5. The number of guanidine groups is 1. The van der Waals surface area contributed by atoms with E-state index >= 15 is 0 Å². The molecule has 1 aromatic heterocycles. The molecule has 20 heteroatoms. The Morgan fingerprint density at radius 2 is 1.64 bits per heavy atom. The van der Waals surface area contributed by atoms with Crippen LogP contribution in [0.25, 0.3) is 0 Å². The number of sulfonamides is 1. The molecule has 1 fully saturated rings. The van der Waals surface area contributed by atoms with E-state index in [4.69, 9.17) is 14.5 Å². The van der Waals surface area contributed by atoms with E-state index < -0.39 is 63.9 Å². The minimum atomic E-state index is -4.13. The maximum absolute atomic E-state index is 14.5. The maximum atomic E-state index is 14.5. The summed E-state index contributed by atoms with van der Waals surface area (Å²) in [5.41, 5.74) is 1.79. The third-order valence-corrected chi connectivity index (χ3v) is 14.8. The lowest BCUT2D eigenvalue weighted by Gasteiger charge is -2.40. The van der Waals surface area contributed by atoms with Gasteiger partial charge >= 0.3 is 0 Å². The quantitative estimate of drug-likeness (QED) is 0.105. The number of carbonyl (C=O) groups excluding carboxylic acids is 5. The van der Waals surface area contributed by atoms with Crippen LogP contribution in [0.3, 0.4) is 0 Å². The Balaban J connectivity index is 1.45. The first-order valence-corrected chi connectivity index (χ1v) is 25.9. The van der Waals surface area contributed by atoms with Crippen LogP contribution < -0.4 is 4.72 Å². The Morgan fingerprint density at radius 3 is 2.21 bits per heavy atom. The molecule has 4 rings (SSSR count). The Labute approximate surface area is 415 Å². The van der Waals surface area contributed by atoms with E-state index in [1.165, 1.54) is 22.8 Å². The predicted molar refractivity (Wildman–Crippen MR) is 268 cm³/mol. The molecule has 1 saturated heterocycles. The number of allylic oxidation sites excluding steroid dienone is 1. The summed E-state index contributed by atoms with van der Waals surface area (Å²) >= 11 is 0. The van der Waals surface area contributed by atoms with Gasteiger partial charge in [-0.25, -0.2) is 13.4 Å². The Kier molecular flexibility index (Phi) is 21.3. The van der Waals surface area contributed by atoms with Gasteiger partial charge in [-0.1, -0.05) is 83.2 Å². The fourth-order valence-electron chi connectivity index (χ4n) is 9.43. The summed E-state index contributed by atoms with van der Waals surface area (Å²) < 4.78 is 42.5. The zero-order valence-electron chi connectivity index (χ0n) is 43.4. The van der Waals surface area contributed by atoms with Gasteiger partial charge in [-0.3, -0.25) is 33.4 Å². The molecule has 1 N–H and O–H groups in total. The van der Waals surface area contributed by atoms with Gasteiger partial charge in [-0.15, -0.1) is 5.10 Å². The molecule has 388 valence electrons. The first-order chi connectivity index (χ1) is 33.0. The normalized spacial score (nSPS) is 18.0. The highest BCUT2D eigenvalue weighted by atomic mass is 32.2. The lowest BCUT2D eigenvalue weighted by molar-refractivity contribution is -0.146. The number of aryl methyl sites for hydroxylation is 1. The summed E-state index contributed by atoms with van der Waals surface area (Å²) in [6, 6.07) is 7.48. The zero-order chi connectivity index (χ0) is 52.0. The SMILES string of the molecule is C=C1C=CC(=O)N1Cc1cn(CCCS(=O)(=O)NC(=O)[C@@H](CC(=O)[C@H](C)[C@@H](OC)[C@@H]2CCCN2C(=O)C[C@@H](OC)[C@H]([C@@H](C)CC)N(C)C(=O)[C@@H](N=C(N(C)C)N(C)C)C(C)C)Cc2ccccc2)nn1. The molecular formula is C50H78N10O9S. The highest BCUT2D eigenvalue weighted by molar-refractivity contribution is 7.90. The van der Waals surface area contributed by atoms with Crippen LogP contribution in [-0.4, -0.2) is 175 Å². The number of aliphatic imine (C=N–C) groups is 1. The maximum Gasteiger partial charge on any atom is 0.251 e. The molecule has 2 aliphatic heterocycles. The molecule has 3 heterocycles. The van der Waals surface area contributed by atoms with E-state index in [1.54, 1.807) is 43.2 Å². The van der Waals surface area contributed by atoms with E-state index in [9.17, 15) is 32.4 Å². The van der Waals surface area contributed by atoms with E-state index in [2.05, 4.69) is 21.6 Å².